The Morgan fingerprint density at radius 2 is 1.81 bits per heavy atom. The minimum absolute atomic E-state index is 0.145. The molecule has 0 saturated heterocycles. The predicted octanol–water partition coefficient (Wildman–Crippen LogP) is 3.55. The molecule has 1 heterocycles. The first-order valence-corrected chi connectivity index (χ1v) is 10.1. The standard InChI is InChI=1S/C18H27N3O3S2/c1-11-13(17(23)24-4)15(26-14(11)16(22)21(2)3)20-18(25)19-12-9-7-5-6-8-10-12/h12H,5-10H2,1-4H3,(H2,19,20,25). The fourth-order valence-electron chi connectivity index (χ4n) is 3.10. The predicted molar refractivity (Wildman–Crippen MR) is 109 cm³/mol. The number of thiocarbonyl (C=S) groups is 1. The van der Waals surface area contributed by atoms with Crippen LogP contribution in [0.5, 0.6) is 0 Å². The van der Waals surface area contributed by atoms with E-state index in [9.17, 15) is 9.59 Å². The van der Waals surface area contributed by atoms with Crippen LogP contribution in [0.25, 0.3) is 0 Å². The van der Waals surface area contributed by atoms with E-state index in [2.05, 4.69) is 10.6 Å². The average Bonchev–Trinajstić information content (AvgIpc) is 2.77. The molecule has 0 atom stereocenters. The number of methoxy groups -OCH3 is 1. The molecule has 0 spiro atoms. The third-order valence-electron chi connectivity index (χ3n) is 4.55. The topological polar surface area (TPSA) is 70.7 Å². The smallest absolute Gasteiger partial charge is 0.341 e. The number of carbonyl (C=O) groups excluding carboxylic acids is 2. The van der Waals surface area contributed by atoms with Crippen LogP contribution in [0.4, 0.5) is 5.00 Å². The molecule has 0 unspecified atom stereocenters. The van der Waals surface area contributed by atoms with E-state index in [4.69, 9.17) is 17.0 Å². The maximum atomic E-state index is 12.4. The van der Waals surface area contributed by atoms with Gasteiger partial charge in [0.25, 0.3) is 5.91 Å². The number of amides is 1. The second kappa shape index (κ2) is 9.32. The normalized spacial score (nSPS) is 15.1. The highest BCUT2D eigenvalue weighted by Crippen LogP contribution is 2.34. The van der Waals surface area contributed by atoms with Gasteiger partial charge in [0.15, 0.2) is 5.11 Å². The lowest BCUT2D eigenvalue weighted by Crippen LogP contribution is -2.37. The summed E-state index contributed by atoms with van der Waals surface area (Å²) in [6.45, 7) is 1.76. The molecule has 8 heteroatoms. The number of rotatable bonds is 4. The molecule has 0 aliphatic heterocycles. The summed E-state index contributed by atoms with van der Waals surface area (Å²) >= 11 is 6.68. The SMILES string of the molecule is COC(=O)c1c(NC(=S)NC2CCCCCC2)sc(C(=O)N(C)C)c1C. The largest absolute Gasteiger partial charge is 0.465 e. The van der Waals surface area contributed by atoms with Crippen molar-refractivity contribution in [2.45, 2.75) is 51.5 Å². The second-order valence-corrected chi connectivity index (χ2v) is 8.17. The maximum Gasteiger partial charge on any atom is 0.341 e. The third kappa shape index (κ3) is 4.94. The first kappa shape index (κ1) is 20.6. The third-order valence-corrected chi connectivity index (χ3v) is 5.97. The first-order chi connectivity index (χ1) is 12.3. The molecule has 1 saturated carbocycles. The van der Waals surface area contributed by atoms with Crippen LogP contribution in [0, 0.1) is 6.92 Å². The van der Waals surface area contributed by atoms with E-state index in [0.29, 0.717) is 32.2 Å². The van der Waals surface area contributed by atoms with Gasteiger partial charge in [0, 0.05) is 20.1 Å². The molecule has 1 aliphatic rings. The van der Waals surface area contributed by atoms with Crippen molar-refractivity contribution in [2.24, 2.45) is 0 Å². The molecule has 2 N–H and O–H groups in total. The Hall–Kier alpha value is -1.67. The van der Waals surface area contributed by atoms with Gasteiger partial charge < -0.3 is 20.3 Å². The molecular formula is C18H27N3O3S2. The lowest BCUT2D eigenvalue weighted by Gasteiger charge is -2.19. The number of esters is 1. The summed E-state index contributed by atoms with van der Waals surface area (Å²) < 4.78 is 4.90. The quantitative estimate of drug-likeness (QED) is 0.460. The van der Waals surface area contributed by atoms with E-state index in [-0.39, 0.29) is 5.91 Å². The number of hydrogen-bond donors (Lipinski definition) is 2. The van der Waals surface area contributed by atoms with Gasteiger partial charge in [0.1, 0.15) is 5.00 Å². The second-order valence-electron chi connectivity index (χ2n) is 6.74. The lowest BCUT2D eigenvalue weighted by atomic mass is 10.1. The number of carbonyl (C=O) groups is 2. The Bertz CT molecular complexity index is 677. The fraction of sp³-hybridized carbons (Fsp3) is 0.611. The summed E-state index contributed by atoms with van der Waals surface area (Å²) in [5, 5.41) is 7.49. The molecular weight excluding hydrogens is 370 g/mol. The maximum absolute atomic E-state index is 12.4. The molecule has 1 amide bonds. The fourth-order valence-corrected chi connectivity index (χ4v) is 4.66. The van der Waals surface area contributed by atoms with Crippen molar-refractivity contribution in [3.63, 3.8) is 0 Å². The van der Waals surface area contributed by atoms with Gasteiger partial charge in [-0.25, -0.2) is 4.79 Å². The van der Waals surface area contributed by atoms with Gasteiger partial charge in [0.2, 0.25) is 0 Å². The van der Waals surface area contributed by atoms with E-state index in [1.807, 2.05) is 0 Å². The van der Waals surface area contributed by atoms with Crippen molar-refractivity contribution in [1.29, 1.82) is 0 Å². The van der Waals surface area contributed by atoms with Crippen molar-refractivity contribution in [3.05, 3.63) is 16.0 Å². The first-order valence-electron chi connectivity index (χ1n) is 8.86. The highest BCUT2D eigenvalue weighted by Gasteiger charge is 2.26. The van der Waals surface area contributed by atoms with E-state index >= 15 is 0 Å². The van der Waals surface area contributed by atoms with Gasteiger partial charge in [0.05, 0.1) is 17.6 Å². The zero-order valence-electron chi connectivity index (χ0n) is 15.8. The number of nitrogens with zero attached hydrogens (tertiary/aromatic N) is 1. The van der Waals surface area contributed by atoms with E-state index in [1.54, 1.807) is 21.0 Å². The Labute approximate surface area is 164 Å². The zero-order chi connectivity index (χ0) is 19.3. The number of nitrogens with one attached hydrogen (secondary N) is 2. The number of ether oxygens (including phenoxy) is 1. The Morgan fingerprint density at radius 1 is 1.19 bits per heavy atom. The van der Waals surface area contributed by atoms with Crippen LogP contribution in [0.15, 0.2) is 0 Å². The lowest BCUT2D eigenvalue weighted by molar-refractivity contribution is 0.0601. The van der Waals surface area contributed by atoms with Gasteiger partial charge in [-0.3, -0.25) is 4.79 Å². The van der Waals surface area contributed by atoms with Crippen LogP contribution in [0.1, 0.15) is 64.1 Å². The molecule has 144 valence electrons. The Balaban J connectivity index is 2.20. The van der Waals surface area contributed by atoms with Gasteiger partial charge >= 0.3 is 5.97 Å². The summed E-state index contributed by atoms with van der Waals surface area (Å²) in [5.41, 5.74) is 0.980. The molecule has 1 fully saturated rings. The number of thiophene rings is 1. The Kier molecular flexibility index (Phi) is 7.40. The monoisotopic (exact) mass is 397 g/mol. The van der Waals surface area contributed by atoms with Crippen molar-refractivity contribution >= 4 is 45.5 Å². The zero-order valence-corrected chi connectivity index (χ0v) is 17.4. The summed E-state index contributed by atoms with van der Waals surface area (Å²) in [4.78, 5) is 26.6. The molecule has 2 rings (SSSR count). The van der Waals surface area contributed by atoms with Gasteiger partial charge in [-0.15, -0.1) is 11.3 Å². The summed E-state index contributed by atoms with van der Waals surface area (Å²) in [6.07, 6.45) is 7.13. The van der Waals surface area contributed by atoms with Crippen molar-refractivity contribution < 1.29 is 14.3 Å². The minimum atomic E-state index is -0.476. The van der Waals surface area contributed by atoms with Gasteiger partial charge in [-0.05, 0) is 37.5 Å². The molecule has 1 aromatic rings. The van der Waals surface area contributed by atoms with Crippen LogP contribution in [0.2, 0.25) is 0 Å². The van der Waals surface area contributed by atoms with E-state index < -0.39 is 5.97 Å². The summed E-state index contributed by atoms with van der Waals surface area (Å²) in [5.74, 6) is -0.621. The number of anilines is 1. The molecule has 1 aliphatic carbocycles. The van der Waals surface area contributed by atoms with E-state index in [1.165, 1.54) is 49.0 Å². The minimum Gasteiger partial charge on any atom is -0.465 e. The molecule has 0 bridgehead atoms. The summed E-state index contributed by atoms with van der Waals surface area (Å²) in [7, 11) is 4.70. The Morgan fingerprint density at radius 3 is 2.35 bits per heavy atom. The highest BCUT2D eigenvalue weighted by atomic mass is 32.1. The van der Waals surface area contributed by atoms with Gasteiger partial charge in [-0.1, -0.05) is 25.7 Å². The van der Waals surface area contributed by atoms with E-state index in [0.717, 1.165) is 12.8 Å². The van der Waals surface area contributed by atoms with Crippen LogP contribution in [-0.2, 0) is 4.74 Å². The molecule has 6 nitrogen and oxygen atoms in total. The van der Waals surface area contributed by atoms with Crippen LogP contribution in [-0.4, -0.2) is 49.1 Å². The van der Waals surface area contributed by atoms with Crippen LogP contribution >= 0.6 is 23.6 Å². The van der Waals surface area contributed by atoms with Crippen molar-refractivity contribution in [1.82, 2.24) is 10.2 Å². The van der Waals surface area contributed by atoms with Crippen LogP contribution < -0.4 is 10.6 Å². The molecule has 0 aromatic carbocycles. The highest BCUT2D eigenvalue weighted by molar-refractivity contribution is 7.80. The molecule has 26 heavy (non-hydrogen) atoms. The number of hydrogen-bond acceptors (Lipinski definition) is 5. The van der Waals surface area contributed by atoms with Gasteiger partial charge in [-0.2, -0.15) is 0 Å². The van der Waals surface area contributed by atoms with Crippen LogP contribution in [0.3, 0.4) is 0 Å². The summed E-state index contributed by atoms with van der Waals surface area (Å²) in [6, 6.07) is 0.350. The molecule has 0 radical (unpaired) electrons. The van der Waals surface area contributed by atoms with Crippen molar-refractivity contribution in [2.75, 3.05) is 26.5 Å². The van der Waals surface area contributed by atoms with Crippen molar-refractivity contribution in [3.8, 4) is 0 Å². The average molecular weight is 398 g/mol. The molecule has 1 aromatic heterocycles.